The molecule has 2 N–H and O–H groups in total. The first-order chi connectivity index (χ1) is 12.2. The maximum Gasteiger partial charge on any atom is 0.183 e. The second kappa shape index (κ2) is 6.49. The summed E-state index contributed by atoms with van der Waals surface area (Å²) in [5.41, 5.74) is 2.02. The van der Waals surface area contributed by atoms with Crippen molar-refractivity contribution in [3.8, 4) is 5.75 Å². The Morgan fingerprint density at radius 2 is 1.84 bits per heavy atom. The highest BCUT2D eigenvalue weighted by atomic mass is 32.1. The largest absolute Gasteiger partial charge is 0.505 e. The van der Waals surface area contributed by atoms with Crippen LogP contribution in [0, 0.1) is 5.82 Å². The normalized spacial score (nSPS) is 12.2. The Morgan fingerprint density at radius 3 is 2.60 bits per heavy atom. The zero-order valence-corrected chi connectivity index (χ0v) is 13.9. The number of hydrogen-bond donors (Lipinski definition) is 2. The first-order valence-corrected chi connectivity index (χ1v) is 8.58. The molecule has 0 unspecified atom stereocenters. The van der Waals surface area contributed by atoms with Gasteiger partial charge in [0.1, 0.15) is 17.1 Å². The van der Waals surface area contributed by atoms with Crippen molar-refractivity contribution in [1.82, 2.24) is 9.97 Å². The van der Waals surface area contributed by atoms with Crippen LogP contribution in [-0.2, 0) is 0 Å². The van der Waals surface area contributed by atoms with Crippen LogP contribution >= 0.6 is 11.3 Å². The monoisotopic (exact) mass is 351 g/mol. The molecule has 0 saturated carbocycles. The topological polar surface area (TPSA) is 58.0 Å². The Labute approximate surface area is 147 Å². The molecule has 0 aliphatic rings. The molecule has 1 atom stereocenters. The van der Waals surface area contributed by atoms with Gasteiger partial charge in [0.2, 0.25) is 0 Å². The van der Waals surface area contributed by atoms with Crippen molar-refractivity contribution in [2.45, 2.75) is 6.04 Å². The molecule has 6 heteroatoms. The lowest BCUT2D eigenvalue weighted by molar-refractivity contribution is 0.471. The molecule has 0 radical (unpaired) electrons. The molecule has 2 aromatic heterocycles. The van der Waals surface area contributed by atoms with Crippen molar-refractivity contribution in [1.29, 1.82) is 0 Å². The van der Waals surface area contributed by atoms with Crippen LogP contribution in [0.4, 0.5) is 9.52 Å². The van der Waals surface area contributed by atoms with Crippen LogP contribution in [0.15, 0.2) is 66.3 Å². The molecule has 0 spiro atoms. The molecule has 2 aromatic carbocycles. The number of nitrogens with one attached hydrogen (secondary N) is 1. The van der Waals surface area contributed by atoms with Crippen LogP contribution in [0.1, 0.15) is 17.2 Å². The van der Waals surface area contributed by atoms with E-state index in [0.29, 0.717) is 11.1 Å². The van der Waals surface area contributed by atoms with E-state index in [1.54, 1.807) is 24.5 Å². The third kappa shape index (κ3) is 3.04. The van der Waals surface area contributed by atoms with Crippen LogP contribution < -0.4 is 5.32 Å². The molecule has 0 amide bonds. The lowest BCUT2D eigenvalue weighted by atomic mass is 9.96. The third-order valence-corrected chi connectivity index (χ3v) is 4.70. The van der Waals surface area contributed by atoms with E-state index < -0.39 is 0 Å². The van der Waals surface area contributed by atoms with Gasteiger partial charge in [0.15, 0.2) is 5.13 Å². The number of thiazole rings is 1. The van der Waals surface area contributed by atoms with E-state index in [4.69, 9.17) is 0 Å². The summed E-state index contributed by atoms with van der Waals surface area (Å²) < 4.78 is 13.3. The summed E-state index contributed by atoms with van der Waals surface area (Å²) in [7, 11) is 0. The number of benzene rings is 2. The molecule has 4 rings (SSSR count). The standard InChI is InChI=1S/C19H14FN3OS/c20-14-6-3-13(4-7-14)16(23-19-22-10-11-25-19)15-8-5-12-2-1-9-21-17(12)18(15)24/h1-11,16,24H,(H,22,23)/t16-/m0/s1. The maximum atomic E-state index is 13.3. The number of rotatable bonds is 4. The van der Waals surface area contributed by atoms with E-state index in [2.05, 4.69) is 15.3 Å². The number of hydrogen-bond acceptors (Lipinski definition) is 5. The van der Waals surface area contributed by atoms with Gasteiger partial charge in [0.05, 0.1) is 6.04 Å². The molecule has 4 nitrogen and oxygen atoms in total. The zero-order chi connectivity index (χ0) is 17.2. The predicted octanol–water partition coefficient (Wildman–Crippen LogP) is 4.74. The van der Waals surface area contributed by atoms with Crippen molar-refractivity contribution < 1.29 is 9.50 Å². The molecular formula is C19H14FN3OS. The number of fused-ring (bicyclic) bond motifs is 1. The summed E-state index contributed by atoms with van der Waals surface area (Å²) >= 11 is 1.46. The number of phenolic OH excluding ortho intramolecular Hbond substituents is 1. The Bertz CT molecular complexity index is 1000. The molecule has 4 aromatic rings. The Hall–Kier alpha value is -2.99. The fourth-order valence-corrected chi connectivity index (χ4v) is 3.35. The van der Waals surface area contributed by atoms with Gasteiger partial charge in [-0.3, -0.25) is 4.98 Å². The average Bonchev–Trinajstić information content (AvgIpc) is 3.15. The van der Waals surface area contributed by atoms with Gasteiger partial charge in [-0.15, -0.1) is 11.3 Å². The van der Waals surface area contributed by atoms with Gasteiger partial charge in [-0.1, -0.05) is 30.3 Å². The summed E-state index contributed by atoms with van der Waals surface area (Å²) in [6, 6.07) is 13.3. The highest BCUT2D eigenvalue weighted by molar-refractivity contribution is 7.13. The van der Waals surface area contributed by atoms with E-state index in [9.17, 15) is 9.50 Å². The van der Waals surface area contributed by atoms with Gasteiger partial charge in [-0.25, -0.2) is 9.37 Å². The highest BCUT2D eigenvalue weighted by Crippen LogP contribution is 2.36. The molecule has 124 valence electrons. The van der Waals surface area contributed by atoms with Crippen molar-refractivity contribution >= 4 is 27.4 Å². The van der Waals surface area contributed by atoms with Gasteiger partial charge in [-0.2, -0.15) is 0 Å². The quantitative estimate of drug-likeness (QED) is 0.558. The van der Waals surface area contributed by atoms with Crippen molar-refractivity contribution in [3.63, 3.8) is 0 Å². The second-order valence-corrected chi connectivity index (χ2v) is 6.44. The molecule has 2 heterocycles. The number of aromatic nitrogens is 2. The molecule has 25 heavy (non-hydrogen) atoms. The lowest BCUT2D eigenvalue weighted by Gasteiger charge is -2.21. The number of pyridine rings is 1. The van der Waals surface area contributed by atoms with Crippen molar-refractivity contribution in [3.05, 3.63) is 83.2 Å². The van der Waals surface area contributed by atoms with E-state index in [1.807, 2.05) is 29.6 Å². The van der Waals surface area contributed by atoms with Gasteiger partial charge in [0, 0.05) is 28.7 Å². The number of phenols is 1. The minimum atomic E-state index is -0.377. The summed E-state index contributed by atoms with van der Waals surface area (Å²) in [4.78, 5) is 8.53. The number of nitrogens with zero attached hydrogens (tertiary/aromatic N) is 2. The van der Waals surface area contributed by atoms with Crippen LogP contribution in [-0.4, -0.2) is 15.1 Å². The van der Waals surface area contributed by atoms with E-state index >= 15 is 0 Å². The fourth-order valence-electron chi connectivity index (χ4n) is 2.79. The van der Waals surface area contributed by atoms with E-state index in [1.165, 1.54) is 23.5 Å². The molecule has 0 aliphatic carbocycles. The van der Waals surface area contributed by atoms with Crippen LogP contribution in [0.25, 0.3) is 10.9 Å². The van der Waals surface area contributed by atoms with Crippen LogP contribution in [0.5, 0.6) is 5.75 Å². The van der Waals surface area contributed by atoms with Gasteiger partial charge >= 0.3 is 0 Å². The highest BCUT2D eigenvalue weighted by Gasteiger charge is 2.20. The minimum Gasteiger partial charge on any atom is -0.505 e. The Kier molecular flexibility index (Phi) is 4.03. The SMILES string of the molecule is Oc1c([C@@H](Nc2nccs2)c2ccc(F)cc2)ccc2cccnc12. The summed E-state index contributed by atoms with van der Waals surface area (Å²) in [6.07, 6.45) is 3.35. The smallest absolute Gasteiger partial charge is 0.183 e. The van der Waals surface area contributed by atoms with Gasteiger partial charge < -0.3 is 10.4 Å². The third-order valence-electron chi connectivity index (χ3n) is 3.99. The summed E-state index contributed by atoms with van der Waals surface area (Å²) in [5, 5.41) is 17.5. The van der Waals surface area contributed by atoms with Crippen molar-refractivity contribution in [2.75, 3.05) is 5.32 Å². The van der Waals surface area contributed by atoms with Crippen LogP contribution in [0.3, 0.4) is 0 Å². The van der Waals surface area contributed by atoms with Crippen molar-refractivity contribution in [2.24, 2.45) is 0 Å². The zero-order valence-electron chi connectivity index (χ0n) is 13.1. The molecule has 0 bridgehead atoms. The summed E-state index contributed by atoms with van der Waals surface area (Å²) in [5.74, 6) is -0.197. The van der Waals surface area contributed by atoms with E-state index in [0.717, 1.165) is 16.1 Å². The molecular weight excluding hydrogens is 337 g/mol. The fraction of sp³-hybridized carbons (Fsp3) is 0.0526. The maximum absolute atomic E-state index is 13.3. The Morgan fingerprint density at radius 1 is 1.00 bits per heavy atom. The molecule has 0 saturated heterocycles. The number of aromatic hydroxyl groups is 1. The number of anilines is 1. The molecule has 0 fully saturated rings. The van der Waals surface area contributed by atoms with E-state index in [-0.39, 0.29) is 17.6 Å². The predicted molar refractivity (Wildman–Crippen MR) is 97.4 cm³/mol. The van der Waals surface area contributed by atoms with Gasteiger partial charge in [-0.05, 0) is 23.8 Å². The first kappa shape index (κ1) is 15.5. The average molecular weight is 351 g/mol. The Balaban J connectivity index is 1.85. The second-order valence-electron chi connectivity index (χ2n) is 5.54. The number of halogens is 1. The molecule has 0 aliphatic heterocycles. The minimum absolute atomic E-state index is 0.108. The van der Waals surface area contributed by atoms with Gasteiger partial charge in [0.25, 0.3) is 0 Å². The summed E-state index contributed by atoms with van der Waals surface area (Å²) in [6.45, 7) is 0. The lowest BCUT2D eigenvalue weighted by Crippen LogP contribution is -2.12. The first-order valence-electron chi connectivity index (χ1n) is 7.70. The van der Waals surface area contributed by atoms with Crippen LogP contribution in [0.2, 0.25) is 0 Å².